The summed E-state index contributed by atoms with van der Waals surface area (Å²) in [5.74, 6) is 1.33. The number of likely N-dealkylation sites (N-methyl/N-ethyl adjacent to an activating group) is 1. The quantitative estimate of drug-likeness (QED) is 0.851. The molecule has 25 heavy (non-hydrogen) atoms. The van der Waals surface area contributed by atoms with Crippen molar-refractivity contribution in [2.45, 2.75) is 12.5 Å². The number of hydrogen-bond acceptors (Lipinski definition) is 6. The third-order valence-electron chi connectivity index (χ3n) is 4.59. The smallest absolute Gasteiger partial charge is 0.147 e. The first-order valence-electron chi connectivity index (χ1n) is 8.17. The van der Waals surface area contributed by atoms with Crippen LogP contribution in [0.3, 0.4) is 0 Å². The van der Waals surface area contributed by atoms with Gasteiger partial charge >= 0.3 is 0 Å². The van der Waals surface area contributed by atoms with Crippen LogP contribution in [0.2, 0.25) is 0 Å². The molecule has 6 nitrogen and oxygen atoms in total. The fourth-order valence-electron chi connectivity index (χ4n) is 3.15. The Labute approximate surface area is 147 Å². The maximum Gasteiger partial charge on any atom is 0.147 e. The average molecular weight is 340 g/mol. The third-order valence-corrected chi connectivity index (χ3v) is 4.59. The van der Waals surface area contributed by atoms with Crippen molar-refractivity contribution in [3.05, 3.63) is 42.0 Å². The molecular weight excluding hydrogens is 319 g/mol. The Morgan fingerprint density at radius 2 is 2.00 bits per heavy atom. The van der Waals surface area contributed by atoms with Gasteiger partial charge in [0.2, 0.25) is 0 Å². The van der Waals surface area contributed by atoms with Crippen LogP contribution >= 0.6 is 0 Å². The lowest BCUT2D eigenvalue weighted by Crippen LogP contribution is -2.35. The van der Waals surface area contributed by atoms with Crippen molar-refractivity contribution in [1.29, 1.82) is 5.26 Å². The predicted octanol–water partition coefficient (Wildman–Crippen LogP) is 2.27. The molecule has 0 bridgehead atoms. The molecule has 1 aromatic carbocycles. The minimum absolute atomic E-state index is 0.191. The first-order valence-corrected chi connectivity index (χ1v) is 8.17. The SMILES string of the molecule is CN(C)c1cc(N(C)C2CCN(c3c(F)cccc3C#N)C2)ncn1. The molecule has 1 atom stereocenters. The monoisotopic (exact) mass is 340 g/mol. The van der Waals surface area contributed by atoms with Gasteiger partial charge in [-0.1, -0.05) is 6.07 Å². The fraction of sp³-hybridized carbons (Fsp3) is 0.389. The van der Waals surface area contributed by atoms with Crippen molar-refractivity contribution in [2.75, 3.05) is 48.9 Å². The van der Waals surface area contributed by atoms with Gasteiger partial charge in [-0.2, -0.15) is 5.26 Å². The molecule has 3 rings (SSSR count). The molecule has 130 valence electrons. The van der Waals surface area contributed by atoms with Gasteiger partial charge in [0.15, 0.2) is 0 Å². The van der Waals surface area contributed by atoms with Gasteiger partial charge in [-0.25, -0.2) is 14.4 Å². The normalized spacial score (nSPS) is 16.6. The van der Waals surface area contributed by atoms with Crippen LogP contribution in [-0.2, 0) is 0 Å². The van der Waals surface area contributed by atoms with E-state index in [0.29, 0.717) is 24.3 Å². The van der Waals surface area contributed by atoms with E-state index in [1.807, 2.05) is 37.0 Å². The number of hydrogen-bond donors (Lipinski definition) is 0. The Balaban J connectivity index is 1.79. The van der Waals surface area contributed by atoms with Gasteiger partial charge in [-0.15, -0.1) is 0 Å². The molecule has 0 amide bonds. The molecule has 1 saturated heterocycles. The molecule has 1 unspecified atom stereocenters. The molecule has 1 aromatic heterocycles. The molecule has 1 fully saturated rings. The minimum atomic E-state index is -0.348. The Kier molecular flexibility index (Phi) is 4.70. The molecule has 0 saturated carbocycles. The van der Waals surface area contributed by atoms with E-state index in [1.54, 1.807) is 18.5 Å². The van der Waals surface area contributed by atoms with Crippen molar-refractivity contribution in [1.82, 2.24) is 9.97 Å². The van der Waals surface area contributed by atoms with E-state index >= 15 is 0 Å². The first kappa shape index (κ1) is 17.0. The van der Waals surface area contributed by atoms with Gasteiger partial charge in [0.1, 0.15) is 29.8 Å². The van der Waals surface area contributed by atoms with Crippen molar-refractivity contribution in [3.8, 4) is 6.07 Å². The van der Waals surface area contributed by atoms with Gasteiger partial charge in [0.25, 0.3) is 0 Å². The minimum Gasteiger partial charge on any atom is -0.366 e. The fourth-order valence-corrected chi connectivity index (χ4v) is 3.15. The first-order chi connectivity index (χ1) is 12.0. The zero-order chi connectivity index (χ0) is 18.0. The van der Waals surface area contributed by atoms with Crippen molar-refractivity contribution in [3.63, 3.8) is 0 Å². The van der Waals surface area contributed by atoms with E-state index < -0.39 is 0 Å². The lowest BCUT2D eigenvalue weighted by molar-refractivity contribution is 0.621. The summed E-state index contributed by atoms with van der Waals surface area (Å²) in [5, 5.41) is 9.26. The second kappa shape index (κ2) is 6.93. The number of rotatable bonds is 4. The van der Waals surface area contributed by atoms with E-state index in [-0.39, 0.29) is 11.9 Å². The topological polar surface area (TPSA) is 59.3 Å². The largest absolute Gasteiger partial charge is 0.366 e. The number of nitrogens with zero attached hydrogens (tertiary/aromatic N) is 6. The van der Waals surface area contributed by atoms with E-state index in [9.17, 15) is 9.65 Å². The van der Waals surface area contributed by atoms with E-state index in [0.717, 1.165) is 18.1 Å². The average Bonchev–Trinajstić information content (AvgIpc) is 3.10. The van der Waals surface area contributed by atoms with Gasteiger partial charge in [0, 0.05) is 46.3 Å². The number of anilines is 3. The summed E-state index contributed by atoms with van der Waals surface area (Å²) in [6, 6.07) is 8.85. The Bertz CT molecular complexity index is 800. The molecule has 0 radical (unpaired) electrons. The van der Waals surface area contributed by atoms with Crippen LogP contribution in [0.4, 0.5) is 21.7 Å². The number of benzene rings is 1. The molecule has 1 aliphatic rings. The summed E-state index contributed by atoms with van der Waals surface area (Å²) < 4.78 is 14.2. The number of nitriles is 1. The summed E-state index contributed by atoms with van der Waals surface area (Å²) in [7, 11) is 5.86. The zero-order valence-corrected chi connectivity index (χ0v) is 14.6. The highest BCUT2D eigenvalue weighted by atomic mass is 19.1. The lowest BCUT2D eigenvalue weighted by Gasteiger charge is -2.27. The van der Waals surface area contributed by atoms with Crippen LogP contribution in [0, 0.1) is 17.1 Å². The summed E-state index contributed by atoms with van der Waals surface area (Å²) in [5.41, 5.74) is 0.776. The molecule has 1 aliphatic heterocycles. The standard InChI is InChI=1S/C18H21FN6/c1-23(2)16-9-17(22-12-21-16)24(3)14-7-8-25(11-14)18-13(10-20)5-4-6-15(18)19/h4-6,9,12,14H,7-8,11H2,1-3H3. The van der Waals surface area contributed by atoms with Crippen molar-refractivity contribution in [2.24, 2.45) is 0 Å². The second-order valence-corrected chi connectivity index (χ2v) is 6.38. The van der Waals surface area contributed by atoms with Crippen LogP contribution in [-0.4, -0.2) is 50.2 Å². The van der Waals surface area contributed by atoms with Crippen LogP contribution in [0.25, 0.3) is 0 Å². The number of halogens is 1. The van der Waals surface area contributed by atoms with E-state index in [2.05, 4.69) is 20.9 Å². The van der Waals surface area contributed by atoms with Gasteiger partial charge in [0.05, 0.1) is 11.3 Å². The molecule has 7 heteroatoms. The van der Waals surface area contributed by atoms with Crippen molar-refractivity contribution >= 4 is 17.3 Å². The molecule has 0 N–H and O–H groups in total. The maximum absolute atomic E-state index is 14.2. The van der Waals surface area contributed by atoms with Gasteiger partial charge < -0.3 is 14.7 Å². The summed E-state index contributed by atoms with van der Waals surface area (Å²) in [6.07, 6.45) is 2.43. The van der Waals surface area contributed by atoms with Crippen LogP contribution in [0.15, 0.2) is 30.6 Å². The molecule has 2 heterocycles. The summed E-state index contributed by atoms with van der Waals surface area (Å²) in [4.78, 5) is 14.6. The number of para-hydroxylation sites is 1. The van der Waals surface area contributed by atoms with Gasteiger partial charge in [-0.05, 0) is 18.6 Å². The molecule has 0 aliphatic carbocycles. The highest BCUT2D eigenvalue weighted by Crippen LogP contribution is 2.30. The van der Waals surface area contributed by atoms with Crippen LogP contribution in [0.1, 0.15) is 12.0 Å². The highest BCUT2D eigenvalue weighted by molar-refractivity contribution is 5.61. The summed E-state index contributed by atoms with van der Waals surface area (Å²) in [6.45, 7) is 1.35. The Morgan fingerprint density at radius 1 is 1.24 bits per heavy atom. The van der Waals surface area contributed by atoms with Gasteiger partial charge in [-0.3, -0.25) is 0 Å². The van der Waals surface area contributed by atoms with E-state index in [1.165, 1.54) is 6.07 Å². The molecule has 0 spiro atoms. The highest BCUT2D eigenvalue weighted by Gasteiger charge is 2.29. The van der Waals surface area contributed by atoms with Crippen LogP contribution in [0.5, 0.6) is 0 Å². The zero-order valence-electron chi connectivity index (χ0n) is 14.6. The predicted molar refractivity (Wildman–Crippen MR) is 96.5 cm³/mol. The Morgan fingerprint density at radius 3 is 2.72 bits per heavy atom. The maximum atomic E-state index is 14.2. The third kappa shape index (κ3) is 3.33. The molecule has 2 aromatic rings. The lowest BCUT2D eigenvalue weighted by atomic mass is 10.1. The number of aromatic nitrogens is 2. The molecular formula is C18H21FN6. The second-order valence-electron chi connectivity index (χ2n) is 6.38. The van der Waals surface area contributed by atoms with Crippen molar-refractivity contribution < 1.29 is 4.39 Å². The summed E-state index contributed by atoms with van der Waals surface area (Å²) >= 11 is 0. The van der Waals surface area contributed by atoms with E-state index in [4.69, 9.17) is 0 Å². The Hall–Kier alpha value is -2.88. The van der Waals surface area contributed by atoms with Crippen LogP contribution < -0.4 is 14.7 Å².